The SMILES string of the molecule is c1ccc(C2CCNC2)c(OC2CCSC2)c1. The van der Waals surface area contributed by atoms with Crippen LogP contribution in [0.3, 0.4) is 0 Å². The Hall–Kier alpha value is -0.670. The molecule has 0 amide bonds. The summed E-state index contributed by atoms with van der Waals surface area (Å²) >= 11 is 2.00. The van der Waals surface area contributed by atoms with Crippen LogP contribution in [-0.4, -0.2) is 30.7 Å². The summed E-state index contributed by atoms with van der Waals surface area (Å²) in [5.41, 5.74) is 1.40. The summed E-state index contributed by atoms with van der Waals surface area (Å²) in [6.07, 6.45) is 2.86. The van der Waals surface area contributed by atoms with Gasteiger partial charge in [-0.1, -0.05) is 18.2 Å². The zero-order valence-corrected chi connectivity index (χ0v) is 10.8. The zero-order chi connectivity index (χ0) is 11.5. The number of ether oxygens (including phenoxy) is 1. The van der Waals surface area contributed by atoms with Crippen molar-refractivity contribution in [3.63, 3.8) is 0 Å². The highest BCUT2D eigenvalue weighted by molar-refractivity contribution is 7.99. The van der Waals surface area contributed by atoms with E-state index >= 15 is 0 Å². The fourth-order valence-corrected chi connectivity index (χ4v) is 3.72. The van der Waals surface area contributed by atoms with Crippen molar-refractivity contribution in [1.29, 1.82) is 0 Å². The van der Waals surface area contributed by atoms with Crippen molar-refractivity contribution in [2.24, 2.45) is 0 Å². The molecule has 2 atom stereocenters. The van der Waals surface area contributed by atoms with E-state index in [2.05, 4.69) is 29.6 Å². The molecular weight excluding hydrogens is 230 g/mol. The summed E-state index contributed by atoms with van der Waals surface area (Å²) in [6.45, 7) is 2.23. The molecule has 0 saturated carbocycles. The molecule has 0 spiro atoms. The first-order chi connectivity index (χ1) is 8.43. The topological polar surface area (TPSA) is 21.3 Å². The first-order valence-corrected chi connectivity index (χ1v) is 7.63. The predicted octanol–water partition coefficient (Wildman–Crippen LogP) is 2.65. The molecule has 0 aliphatic carbocycles. The average Bonchev–Trinajstić information content (AvgIpc) is 3.01. The summed E-state index contributed by atoms with van der Waals surface area (Å²) in [5.74, 6) is 4.16. The summed E-state index contributed by atoms with van der Waals surface area (Å²) in [6, 6.07) is 8.58. The smallest absolute Gasteiger partial charge is 0.123 e. The molecule has 3 rings (SSSR count). The first kappa shape index (κ1) is 11.4. The van der Waals surface area contributed by atoms with E-state index in [1.54, 1.807) is 0 Å². The lowest BCUT2D eigenvalue weighted by molar-refractivity contribution is 0.226. The Morgan fingerprint density at radius 1 is 1.24 bits per heavy atom. The molecular formula is C14H19NOS. The maximum atomic E-state index is 6.17. The van der Waals surface area contributed by atoms with Crippen molar-refractivity contribution >= 4 is 11.8 Å². The van der Waals surface area contributed by atoms with E-state index in [1.807, 2.05) is 11.8 Å². The Labute approximate surface area is 107 Å². The highest BCUT2D eigenvalue weighted by atomic mass is 32.2. The average molecular weight is 249 g/mol. The minimum atomic E-state index is 0.426. The Balaban J connectivity index is 1.77. The molecule has 0 aromatic heterocycles. The van der Waals surface area contributed by atoms with Crippen LogP contribution in [0.2, 0.25) is 0 Å². The van der Waals surface area contributed by atoms with Crippen LogP contribution in [0.4, 0.5) is 0 Å². The van der Waals surface area contributed by atoms with Crippen LogP contribution in [0.1, 0.15) is 24.3 Å². The van der Waals surface area contributed by atoms with Crippen molar-refractivity contribution in [1.82, 2.24) is 5.32 Å². The highest BCUT2D eigenvalue weighted by Gasteiger charge is 2.23. The molecule has 2 fully saturated rings. The second-order valence-corrected chi connectivity index (χ2v) is 5.98. The van der Waals surface area contributed by atoms with Crippen molar-refractivity contribution in [3.8, 4) is 5.75 Å². The molecule has 1 N–H and O–H groups in total. The van der Waals surface area contributed by atoms with Gasteiger partial charge in [0.05, 0.1) is 0 Å². The van der Waals surface area contributed by atoms with Crippen LogP contribution < -0.4 is 10.1 Å². The van der Waals surface area contributed by atoms with E-state index < -0.39 is 0 Å². The third-order valence-electron chi connectivity index (χ3n) is 3.60. The molecule has 2 heterocycles. The highest BCUT2D eigenvalue weighted by Crippen LogP contribution is 2.32. The molecule has 1 aromatic carbocycles. The molecule has 92 valence electrons. The standard InChI is InChI=1S/C14H19NOS/c1-2-4-14(16-12-6-8-17-10-12)13(3-1)11-5-7-15-9-11/h1-4,11-12,15H,5-10H2. The van der Waals surface area contributed by atoms with Gasteiger partial charge in [0.2, 0.25) is 0 Å². The zero-order valence-electron chi connectivity index (χ0n) is 10.0. The van der Waals surface area contributed by atoms with Crippen LogP contribution in [0, 0.1) is 0 Å². The molecule has 3 heteroatoms. The minimum Gasteiger partial charge on any atom is -0.489 e. The molecule has 2 nitrogen and oxygen atoms in total. The summed E-state index contributed by atoms with van der Waals surface area (Å²) in [7, 11) is 0. The normalized spacial score (nSPS) is 28.5. The fraction of sp³-hybridized carbons (Fsp3) is 0.571. The molecule has 0 radical (unpaired) electrons. The van der Waals surface area contributed by atoms with Gasteiger partial charge in [0.25, 0.3) is 0 Å². The number of para-hydroxylation sites is 1. The number of hydrogen-bond donors (Lipinski definition) is 1. The van der Waals surface area contributed by atoms with Crippen LogP contribution in [0.5, 0.6) is 5.75 Å². The van der Waals surface area contributed by atoms with Gasteiger partial charge >= 0.3 is 0 Å². The van der Waals surface area contributed by atoms with Gasteiger partial charge in [0, 0.05) is 18.2 Å². The minimum absolute atomic E-state index is 0.426. The van der Waals surface area contributed by atoms with Gasteiger partial charge in [0.15, 0.2) is 0 Å². The Morgan fingerprint density at radius 2 is 2.18 bits per heavy atom. The van der Waals surface area contributed by atoms with Gasteiger partial charge in [-0.25, -0.2) is 0 Å². The number of thioether (sulfide) groups is 1. The molecule has 1 aromatic rings. The largest absolute Gasteiger partial charge is 0.489 e. The maximum Gasteiger partial charge on any atom is 0.123 e. The lowest BCUT2D eigenvalue weighted by Gasteiger charge is -2.18. The Morgan fingerprint density at radius 3 is 2.94 bits per heavy atom. The Bertz CT molecular complexity index is 370. The molecule has 2 aliphatic heterocycles. The second kappa shape index (κ2) is 5.32. The number of rotatable bonds is 3. The third-order valence-corrected chi connectivity index (χ3v) is 4.73. The predicted molar refractivity (Wildman–Crippen MR) is 73.0 cm³/mol. The quantitative estimate of drug-likeness (QED) is 0.890. The van der Waals surface area contributed by atoms with E-state index in [4.69, 9.17) is 4.74 Å². The maximum absolute atomic E-state index is 6.17. The second-order valence-electron chi connectivity index (χ2n) is 4.83. The van der Waals surface area contributed by atoms with Crippen molar-refractivity contribution in [2.75, 3.05) is 24.6 Å². The molecule has 2 aliphatic rings. The van der Waals surface area contributed by atoms with E-state index in [1.165, 1.54) is 24.2 Å². The van der Waals surface area contributed by atoms with Gasteiger partial charge in [-0.3, -0.25) is 0 Å². The summed E-state index contributed by atoms with van der Waals surface area (Å²) in [5, 5.41) is 3.43. The van der Waals surface area contributed by atoms with Gasteiger partial charge in [-0.2, -0.15) is 11.8 Å². The fourth-order valence-electron chi connectivity index (χ4n) is 2.63. The summed E-state index contributed by atoms with van der Waals surface area (Å²) in [4.78, 5) is 0. The van der Waals surface area contributed by atoms with Crippen LogP contribution in [0.25, 0.3) is 0 Å². The van der Waals surface area contributed by atoms with Crippen LogP contribution in [0.15, 0.2) is 24.3 Å². The third kappa shape index (κ3) is 2.61. The van der Waals surface area contributed by atoms with Crippen molar-refractivity contribution in [2.45, 2.75) is 24.9 Å². The van der Waals surface area contributed by atoms with E-state index in [0.717, 1.165) is 24.6 Å². The molecule has 0 bridgehead atoms. The van der Waals surface area contributed by atoms with Gasteiger partial charge in [-0.05, 0) is 36.8 Å². The van der Waals surface area contributed by atoms with Gasteiger partial charge < -0.3 is 10.1 Å². The van der Waals surface area contributed by atoms with Crippen LogP contribution in [-0.2, 0) is 0 Å². The van der Waals surface area contributed by atoms with E-state index in [-0.39, 0.29) is 0 Å². The number of benzene rings is 1. The van der Waals surface area contributed by atoms with Gasteiger partial charge in [-0.15, -0.1) is 0 Å². The molecule has 2 unspecified atom stereocenters. The van der Waals surface area contributed by atoms with Crippen LogP contribution >= 0.6 is 11.8 Å². The van der Waals surface area contributed by atoms with E-state index in [0.29, 0.717) is 12.0 Å². The summed E-state index contributed by atoms with van der Waals surface area (Å²) < 4.78 is 6.17. The van der Waals surface area contributed by atoms with Crippen molar-refractivity contribution < 1.29 is 4.74 Å². The van der Waals surface area contributed by atoms with Crippen molar-refractivity contribution in [3.05, 3.63) is 29.8 Å². The number of nitrogens with one attached hydrogen (secondary N) is 1. The number of hydrogen-bond acceptors (Lipinski definition) is 3. The first-order valence-electron chi connectivity index (χ1n) is 6.47. The monoisotopic (exact) mass is 249 g/mol. The Kier molecular flexibility index (Phi) is 3.57. The van der Waals surface area contributed by atoms with Gasteiger partial charge in [0.1, 0.15) is 11.9 Å². The van der Waals surface area contributed by atoms with E-state index in [9.17, 15) is 0 Å². The molecule has 17 heavy (non-hydrogen) atoms. The molecule has 2 saturated heterocycles. The lowest BCUT2D eigenvalue weighted by Crippen LogP contribution is -2.17. The lowest BCUT2D eigenvalue weighted by atomic mass is 9.97.